The number of nitrogens with zero attached hydrogens (tertiary/aromatic N) is 3. The average molecular weight is 357 g/mol. The van der Waals surface area contributed by atoms with Crippen molar-refractivity contribution in [3.63, 3.8) is 0 Å². The summed E-state index contributed by atoms with van der Waals surface area (Å²) >= 11 is 0. The molecule has 0 radical (unpaired) electrons. The van der Waals surface area contributed by atoms with Crippen LogP contribution in [0.15, 0.2) is 24.3 Å². The highest BCUT2D eigenvalue weighted by Crippen LogP contribution is 2.28. The Hall–Kier alpha value is -2.41. The zero-order valence-corrected chi connectivity index (χ0v) is 14.7. The maximum Gasteiger partial charge on any atom is 0.222 e. The molecule has 1 fully saturated rings. The maximum absolute atomic E-state index is 13.8. The number of nitrogen functional groups attached to an aromatic ring is 1. The van der Waals surface area contributed by atoms with Crippen molar-refractivity contribution in [2.75, 3.05) is 36.8 Å². The molecular formula is C19H24FN5O. The maximum atomic E-state index is 13.8. The third-order valence-electron chi connectivity index (χ3n) is 5.05. The number of nitrogens with one attached hydrogen (secondary N) is 1. The van der Waals surface area contributed by atoms with Gasteiger partial charge in [0.25, 0.3) is 0 Å². The first-order valence-corrected chi connectivity index (χ1v) is 9.23. The average Bonchev–Trinajstić information content (AvgIpc) is 2.89. The Morgan fingerprint density at radius 3 is 2.69 bits per heavy atom. The zero-order valence-electron chi connectivity index (χ0n) is 14.7. The Morgan fingerprint density at radius 1 is 1.12 bits per heavy atom. The number of halogens is 1. The molecule has 0 bridgehead atoms. The Balaban J connectivity index is 1.47. The molecule has 0 atom stereocenters. The topological polar surface area (TPSA) is 76.3 Å². The summed E-state index contributed by atoms with van der Waals surface area (Å²) in [5.41, 5.74) is 8.21. The first-order chi connectivity index (χ1) is 12.7. The molecule has 138 valence electrons. The van der Waals surface area contributed by atoms with Crippen LogP contribution < -0.4 is 20.7 Å². The lowest BCUT2D eigenvalue weighted by Gasteiger charge is -2.34. The van der Waals surface area contributed by atoms with E-state index in [1.165, 1.54) is 11.6 Å². The van der Waals surface area contributed by atoms with Crippen LogP contribution >= 0.6 is 0 Å². The van der Waals surface area contributed by atoms with Crippen molar-refractivity contribution in [3.8, 4) is 5.75 Å². The van der Waals surface area contributed by atoms with E-state index in [2.05, 4.69) is 20.2 Å². The largest absolute Gasteiger partial charge is 0.487 e. The highest BCUT2D eigenvalue weighted by Gasteiger charge is 2.26. The second-order valence-electron chi connectivity index (χ2n) is 6.82. The summed E-state index contributed by atoms with van der Waals surface area (Å²) in [6, 6.07) is 6.57. The quantitative estimate of drug-likeness (QED) is 0.874. The van der Waals surface area contributed by atoms with Gasteiger partial charge in [0, 0.05) is 44.5 Å². The number of nitrogens with two attached hydrogens (primary N) is 1. The van der Waals surface area contributed by atoms with E-state index < -0.39 is 0 Å². The van der Waals surface area contributed by atoms with Crippen molar-refractivity contribution in [2.24, 2.45) is 0 Å². The van der Waals surface area contributed by atoms with Gasteiger partial charge in [0.1, 0.15) is 11.9 Å². The van der Waals surface area contributed by atoms with Gasteiger partial charge >= 0.3 is 0 Å². The van der Waals surface area contributed by atoms with Gasteiger partial charge in [-0.1, -0.05) is 12.1 Å². The summed E-state index contributed by atoms with van der Waals surface area (Å²) in [5, 5.41) is 3.40. The monoisotopic (exact) mass is 357 g/mol. The Bertz CT molecular complexity index is 777. The van der Waals surface area contributed by atoms with Crippen molar-refractivity contribution in [1.29, 1.82) is 0 Å². The highest BCUT2D eigenvalue weighted by atomic mass is 19.1. The number of rotatable bonds is 3. The normalized spacial score (nSPS) is 18.3. The van der Waals surface area contributed by atoms with Crippen LogP contribution in [0.25, 0.3) is 0 Å². The van der Waals surface area contributed by atoms with Gasteiger partial charge in [-0.25, -0.2) is 9.37 Å². The molecular weight excluding hydrogens is 333 g/mol. The number of hydrogen-bond donors (Lipinski definition) is 2. The number of piperidine rings is 1. The fourth-order valence-electron chi connectivity index (χ4n) is 3.71. The van der Waals surface area contributed by atoms with Gasteiger partial charge in [0.15, 0.2) is 11.6 Å². The van der Waals surface area contributed by atoms with Gasteiger partial charge in [0.05, 0.1) is 5.69 Å². The van der Waals surface area contributed by atoms with Gasteiger partial charge in [0.2, 0.25) is 5.95 Å². The molecule has 6 nitrogen and oxygen atoms in total. The minimum Gasteiger partial charge on any atom is -0.487 e. The number of hydrogen-bond acceptors (Lipinski definition) is 6. The molecule has 3 N–H and O–H groups in total. The molecule has 0 spiro atoms. The predicted octanol–water partition coefficient (Wildman–Crippen LogP) is 1.93. The van der Waals surface area contributed by atoms with Crippen LogP contribution in [0, 0.1) is 5.82 Å². The van der Waals surface area contributed by atoms with Crippen LogP contribution in [0.4, 0.5) is 16.2 Å². The highest BCUT2D eigenvalue weighted by molar-refractivity contribution is 5.53. The van der Waals surface area contributed by atoms with Crippen LogP contribution in [0.3, 0.4) is 0 Å². The van der Waals surface area contributed by atoms with Crippen molar-refractivity contribution in [2.45, 2.75) is 31.8 Å². The van der Waals surface area contributed by atoms with Crippen molar-refractivity contribution < 1.29 is 9.13 Å². The molecule has 1 aromatic heterocycles. The van der Waals surface area contributed by atoms with E-state index in [0.717, 1.165) is 63.4 Å². The standard InChI is InChI=1S/C19H24FN5O/c20-15-3-1-2-4-17(15)26-13-7-11-25(12-8-13)18-14-5-9-22-10-6-16(14)23-19(21)24-18/h1-4,13,22H,5-12H2,(H2,21,23,24). The molecule has 2 aliphatic heterocycles. The molecule has 0 amide bonds. The van der Waals surface area contributed by atoms with E-state index in [-0.39, 0.29) is 11.9 Å². The molecule has 4 rings (SSSR count). The summed E-state index contributed by atoms with van der Waals surface area (Å²) < 4.78 is 19.6. The fourth-order valence-corrected chi connectivity index (χ4v) is 3.71. The van der Waals surface area contributed by atoms with Gasteiger partial charge in [-0.3, -0.25) is 0 Å². The third kappa shape index (κ3) is 3.58. The van der Waals surface area contributed by atoms with Gasteiger partial charge in [-0.05, 0) is 25.1 Å². The fraction of sp³-hybridized carbons (Fsp3) is 0.474. The Morgan fingerprint density at radius 2 is 1.88 bits per heavy atom. The molecule has 7 heteroatoms. The van der Waals surface area contributed by atoms with Crippen molar-refractivity contribution in [3.05, 3.63) is 41.3 Å². The number of aromatic nitrogens is 2. The predicted molar refractivity (Wildman–Crippen MR) is 99.0 cm³/mol. The summed E-state index contributed by atoms with van der Waals surface area (Å²) in [5.74, 6) is 1.32. The van der Waals surface area contributed by atoms with E-state index in [9.17, 15) is 4.39 Å². The van der Waals surface area contributed by atoms with Crippen LogP contribution in [-0.2, 0) is 12.8 Å². The van der Waals surface area contributed by atoms with E-state index in [4.69, 9.17) is 10.5 Å². The molecule has 2 aromatic rings. The molecule has 26 heavy (non-hydrogen) atoms. The minimum atomic E-state index is -0.309. The molecule has 0 unspecified atom stereocenters. The molecule has 3 heterocycles. The second kappa shape index (κ2) is 7.45. The van der Waals surface area contributed by atoms with E-state index in [1.807, 2.05) is 0 Å². The Labute approximate surface area is 152 Å². The second-order valence-corrected chi connectivity index (χ2v) is 6.82. The van der Waals surface area contributed by atoms with Crippen LogP contribution in [-0.4, -0.2) is 42.3 Å². The molecule has 0 saturated carbocycles. The zero-order chi connectivity index (χ0) is 17.9. The SMILES string of the molecule is Nc1nc2c(c(N3CCC(Oc4ccccc4F)CC3)n1)CCNCC2. The number of ether oxygens (including phenoxy) is 1. The van der Waals surface area contributed by atoms with Gasteiger partial charge < -0.3 is 20.7 Å². The van der Waals surface area contributed by atoms with E-state index in [1.54, 1.807) is 18.2 Å². The number of fused-ring (bicyclic) bond motifs is 1. The lowest BCUT2D eigenvalue weighted by Crippen LogP contribution is -2.39. The minimum absolute atomic E-state index is 0.0163. The number of benzene rings is 1. The van der Waals surface area contributed by atoms with Crippen LogP contribution in [0.2, 0.25) is 0 Å². The van der Waals surface area contributed by atoms with Gasteiger partial charge in [-0.15, -0.1) is 0 Å². The van der Waals surface area contributed by atoms with Gasteiger partial charge in [-0.2, -0.15) is 4.98 Å². The first kappa shape index (κ1) is 17.0. The molecule has 1 aromatic carbocycles. The molecule has 1 saturated heterocycles. The summed E-state index contributed by atoms with van der Waals surface area (Å²) in [6.45, 7) is 3.48. The van der Waals surface area contributed by atoms with Crippen LogP contribution in [0.5, 0.6) is 5.75 Å². The summed E-state index contributed by atoms with van der Waals surface area (Å²) in [6.07, 6.45) is 3.46. The summed E-state index contributed by atoms with van der Waals surface area (Å²) in [7, 11) is 0. The van der Waals surface area contributed by atoms with Crippen molar-refractivity contribution >= 4 is 11.8 Å². The lowest BCUT2D eigenvalue weighted by molar-refractivity contribution is 0.163. The van der Waals surface area contributed by atoms with E-state index in [0.29, 0.717) is 11.7 Å². The first-order valence-electron chi connectivity index (χ1n) is 9.23. The Kier molecular flexibility index (Phi) is 4.88. The van der Waals surface area contributed by atoms with Crippen LogP contribution in [0.1, 0.15) is 24.1 Å². The third-order valence-corrected chi connectivity index (χ3v) is 5.05. The molecule has 2 aliphatic rings. The summed E-state index contributed by atoms with van der Waals surface area (Å²) in [4.78, 5) is 11.2. The smallest absolute Gasteiger partial charge is 0.222 e. The number of para-hydroxylation sites is 1. The lowest BCUT2D eigenvalue weighted by atomic mass is 10.0. The molecule has 0 aliphatic carbocycles. The van der Waals surface area contributed by atoms with Crippen molar-refractivity contribution in [1.82, 2.24) is 15.3 Å². The van der Waals surface area contributed by atoms with E-state index >= 15 is 0 Å². The number of anilines is 2.